The van der Waals surface area contributed by atoms with Crippen LogP contribution in [0.4, 0.5) is 5.69 Å². The lowest BCUT2D eigenvalue weighted by atomic mass is 10.0. The predicted octanol–water partition coefficient (Wildman–Crippen LogP) is 4.73. The Kier molecular flexibility index (Phi) is 8.00. The van der Waals surface area contributed by atoms with E-state index in [1.807, 2.05) is 54.2 Å². The van der Waals surface area contributed by atoms with Crippen molar-refractivity contribution in [1.29, 1.82) is 0 Å². The van der Waals surface area contributed by atoms with Gasteiger partial charge in [0.05, 0.1) is 41.3 Å². The fraction of sp³-hybridized carbons (Fsp3) is 0.310. The zero-order chi connectivity index (χ0) is 26.5. The molecule has 1 fully saturated rings. The highest BCUT2D eigenvalue weighted by Crippen LogP contribution is 2.21. The molecule has 3 heterocycles. The lowest BCUT2D eigenvalue weighted by Crippen LogP contribution is -2.24. The molecule has 0 radical (unpaired) electrons. The van der Waals surface area contributed by atoms with E-state index in [1.54, 1.807) is 29.2 Å². The Hall–Kier alpha value is -3.75. The van der Waals surface area contributed by atoms with Crippen LogP contribution in [-0.4, -0.2) is 55.8 Å². The molecular weight excluding hydrogens is 500 g/mol. The van der Waals surface area contributed by atoms with Gasteiger partial charge in [0.1, 0.15) is 0 Å². The second-order valence-corrected chi connectivity index (χ2v) is 10.1. The molecule has 0 saturated carbocycles. The van der Waals surface area contributed by atoms with Crippen molar-refractivity contribution in [3.63, 3.8) is 0 Å². The van der Waals surface area contributed by atoms with Gasteiger partial charge in [0.25, 0.3) is 0 Å². The van der Waals surface area contributed by atoms with E-state index in [9.17, 15) is 9.59 Å². The summed E-state index contributed by atoms with van der Waals surface area (Å²) in [5.74, 6) is -0.154. The van der Waals surface area contributed by atoms with Crippen molar-refractivity contribution in [1.82, 2.24) is 24.5 Å². The summed E-state index contributed by atoms with van der Waals surface area (Å²) in [6.45, 7) is 6.11. The predicted molar refractivity (Wildman–Crippen MR) is 148 cm³/mol. The average Bonchev–Trinajstić information content (AvgIpc) is 3.67. The number of amides is 1. The molecule has 0 atom stereocenters. The number of halogens is 1. The fourth-order valence-corrected chi connectivity index (χ4v) is 4.91. The number of carbonyl (C=O) groups is 2. The standard InChI is InChI=1S/C29H31ClN6O2/c1-21-24(20-35(33-21)14-13-34-11-4-5-12-34)17-28(37)23-7-6-8-25(16-23)36-19-22(18-31-36)15-29(38)32-27-10-3-2-9-26(27)30/h2-3,6-10,16,18-20H,4-5,11-15,17H2,1H3,(H,32,38). The number of likely N-dealkylation sites (tertiary alicyclic amines) is 1. The summed E-state index contributed by atoms with van der Waals surface area (Å²) in [6.07, 6.45) is 8.45. The summed E-state index contributed by atoms with van der Waals surface area (Å²) in [7, 11) is 0. The monoisotopic (exact) mass is 530 g/mol. The van der Waals surface area contributed by atoms with Crippen LogP contribution in [0.3, 0.4) is 0 Å². The molecule has 1 saturated heterocycles. The molecule has 38 heavy (non-hydrogen) atoms. The Morgan fingerprint density at radius 3 is 2.63 bits per heavy atom. The normalized spacial score (nSPS) is 13.6. The molecule has 4 aromatic rings. The lowest BCUT2D eigenvalue weighted by Gasteiger charge is -2.13. The van der Waals surface area contributed by atoms with Gasteiger partial charge < -0.3 is 10.2 Å². The van der Waals surface area contributed by atoms with Crippen molar-refractivity contribution in [2.24, 2.45) is 0 Å². The molecule has 8 nitrogen and oxygen atoms in total. The van der Waals surface area contributed by atoms with Gasteiger partial charge in [-0.25, -0.2) is 4.68 Å². The Bertz CT molecular complexity index is 1440. The number of Topliss-reactive ketones (excluding diaryl/α,β-unsaturated/α-hetero) is 1. The van der Waals surface area contributed by atoms with Gasteiger partial charge in [-0.3, -0.25) is 14.3 Å². The van der Waals surface area contributed by atoms with E-state index >= 15 is 0 Å². The van der Waals surface area contributed by atoms with E-state index in [2.05, 4.69) is 20.4 Å². The third-order valence-corrected chi connectivity index (χ3v) is 7.15. The van der Waals surface area contributed by atoms with Crippen LogP contribution >= 0.6 is 11.6 Å². The number of aromatic nitrogens is 4. The van der Waals surface area contributed by atoms with Crippen LogP contribution in [0.1, 0.15) is 40.0 Å². The molecular formula is C29H31ClN6O2. The van der Waals surface area contributed by atoms with Crippen molar-refractivity contribution in [2.45, 2.75) is 39.2 Å². The maximum absolute atomic E-state index is 13.1. The summed E-state index contributed by atoms with van der Waals surface area (Å²) in [4.78, 5) is 28.1. The maximum Gasteiger partial charge on any atom is 0.228 e. The first-order valence-corrected chi connectivity index (χ1v) is 13.3. The van der Waals surface area contributed by atoms with Gasteiger partial charge in [-0.05, 0) is 62.7 Å². The zero-order valence-electron chi connectivity index (χ0n) is 21.4. The SMILES string of the molecule is Cc1nn(CCN2CCCC2)cc1CC(=O)c1cccc(-n2cc(CC(=O)Nc3ccccc3Cl)cn2)c1. The molecule has 2 aromatic heterocycles. The van der Waals surface area contributed by atoms with E-state index < -0.39 is 0 Å². The number of rotatable bonds is 10. The van der Waals surface area contributed by atoms with Crippen LogP contribution in [-0.2, 0) is 24.2 Å². The summed E-state index contributed by atoms with van der Waals surface area (Å²) < 4.78 is 3.64. The highest BCUT2D eigenvalue weighted by molar-refractivity contribution is 6.33. The van der Waals surface area contributed by atoms with Crippen LogP contribution < -0.4 is 5.32 Å². The van der Waals surface area contributed by atoms with Crippen molar-refractivity contribution in [3.8, 4) is 5.69 Å². The van der Waals surface area contributed by atoms with E-state index in [1.165, 1.54) is 12.8 Å². The molecule has 0 bridgehead atoms. The maximum atomic E-state index is 13.1. The van der Waals surface area contributed by atoms with Crippen LogP contribution in [0.25, 0.3) is 5.69 Å². The minimum Gasteiger partial charge on any atom is -0.324 e. The van der Waals surface area contributed by atoms with E-state index in [0.717, 1.165) is 48.7 Å². The summed E-state index contributed by atoms with van der Waals surface area (Å²) in [5.41, 5.74) is 4.54. The quantitative estimate of drug-likeness (QED) is 0.299. The Morgan fingerprint density at radius 1 is 1.00 bits per heavy atom. The van der Waals surface area contributed by atoms with Gasteiger partial charge in [-0.2, -0.15) is 10.2 Å². The van der Waals surface area contributed by atoms with Crippen LogP contribution in [0.2, 0.25) is 5.02 Å². The van der Waals surface area contributed by atoms with Gasteiger partial charge >= 0.3 is 0 Å². The number of benzene rings is 2. The number of anilines is 1. The third kappa shape index (κ3) is 6.38. The number of nitrogens with one attached hydrogen (secondary N) is 1. The van der Waals surface area contributed by atoms with Gasteiger partial charge in [0.2, 0.25) is 5.91 Å². The molecule has 196 valence electrons. The number of hydrogen-bond acceptors (Lipinski definition) is 5. The Balaban J connectivity index is 1.20. The van der Waals surface area contributed by atoms with Gasteiger partial charge in [-0.1, -0.05) is 35.9 Å². The van der Waals surface area contributed by atoms with Crippen molar-refractivity contribution in [2.75, 3.05) is 25.0 Å². The lowest BCUT2D eigenvalue weighted by molar-refractivity contribution is -0.115. The molecule has 1 aliphatic rings. The second-order valence-electron chi connectivity index (χ2n) is 9.70. The number of nitrogens with zero attached hydrogens (tertiary/aromatic N) is 5. The Morgan fingerprint density at radius 2 is 1.82 bits per heavy atom. The van der Waals surface area contributed by atoms with Gasteiger partial charge in [-0.15, -0.1) is 0 Å². The Labute approximate surface area is 227 Å². The van der Waals surface area contributed by atoms with E-state index in [-0.39, 0.29) is 18.1 Å². The zero-order valence-corrected chi connectivity index (χ0v) is 22.2. The summed E-state index contributed by atoms with van der Waals surface area (Å²) in [6, 6.07) is 14.5. The highest BCUT2D eigenvalue weighted by atomic mass is 35.5. The number of hydrogen-bond donors (Lipinski definition) is 1. The first kappa shape index (κ1) is 25.9. The van der Waals surface area contributed by atoms with Crippen LogP contribution in [0.5, 0.6) is 0 Å². The molecule has 2 aromatic carbocycles. The smallest absolute Gasteiger partial charge is 0.228 e. The molecule has 5 rings (SSSR count). The minimum atomic E-state index is -0.182. The molecule has 1 amide bonds. The largest absolute Gasteiger partial charge is 0.324 e. The molecule has 9 heteroatoms. The van der Waals surface area contributed by atoms with E-state index in [0.29, 0.717) is 22.7 Å². The topological polar surface area (TPSA) is 85.0 Å². The molecule has 0 unspecified atom stereocenters. The molecule has 0 spiro atoms. The minimum absolute atomic E-state index is 0.0283. The van der Waals surface area contributed by atoms with Gasteiger partial charge in [0.15, 0.2) is 5.78 Å². The molecule has 1 aliphatic heterocycles. The number of ketones is 1. The van der Waals surface area contributed by atoms with Crippen molar-refractivity contribution < 1.29 is 9.59 Å². The first-order valence-electron chi connectivity index (χ1n) is 12.9. The summed E-state index contributed by atoms with van der Waals surface area (Å²) in [5, 5.41) is 12.3. The van der Waals surface area contributed by atoms with Crippen LogP contribution in [0, 0.1) is 6.92 Å². The van der Waals surface area contributed by atoms with Crippen LogP contribution in [0.15, 0.2) is 67.1 Å². The number of para-hydroxylation sites is 1. The van der Waals surface area contributed by atoms with E-state index in [4.69, 9.17) is 11.6 Å². The summed E-state index contributed by atoms with van der Waals surface area (Å²) >= 11 is 6.13. The highest BCUT2D eigenvalue weighted by Gasteiger charge is 2.15. The fourth-order valence-electron chi connectivity index (χ4n) is 4.73. The average molecular weight is 531 g/mol. The second kappa shape index (κ2) is 11.8. The number of carbonyl (C=O) groups excluding carboxylic acids is 2. The first-order chi connectivity index (χ1) is 18.4. The van der Waals surface area contributed by atoms with Crippen molar-refractivity contribution >= 4 is 29.0 Å². The molecule has 0 aliphatic carbocycles. The van der Waals surface area contributed by atoms with Crippen molar-refractivity contribution in [3.05, 3.63) is 94.5 Å². The number of aryl methyl sites for hydroxylation is 1. The third-order valence-electron chi connectivity index (χ3n) is 6.82. The molecule has 1 N–H and O–H groups in total. The van der Waals surface area contributed by atoms with Gasteiger partial charge in [0, 0.05) is 36.5 Å².